The molecule has 1 rings (SSSR count). The molecule has 0 saturated heterocycles. The van der Waals surface area contributed by atoms with Crippen LogP contribution in [-0.4, -0.2) is 10.9 Å². The largest absolute Gasteiger partial charge is 0.507 e. The maximum absolute atomic E-state index is 11.2. The Morgan fingerprint density at radius 2 is 2.21 bits per heavy atom. The lowest BCUT2D eigenvalue weighted by molar-refractivity contribution is 0.101. The summed E-state index contributed by atoms with van der Waals surface area (Å²) in [7, 11) is 0. The number of carbonyl (C=O) groups excluding carboxylic acids is 1. The molecule has 1 N–H and O–H groups in total. The highest BCUT2D eigenvalue weighted by molar-refractivity contribution is 5.96. The van der Waals surface area contributed by atoms with E-state index in [1.54, 1.807) is 6.07 Å². The number of nitriles is 1. The number of rotatable bonds is 2. The molecule has 0 saturated carbocycles. The molecule has 0 bridgehead atoms. The number of phenolic OH excluding ortho intramolecular Hbond substituents is 1. The molecule has 3 heteroatoms. The summed E-state index contributed by atoms with van der Waals surface area (Å²) >= 11 is 0. The number of phenols is 1. The Balaban J connectivity index is 3.41. The zero-order chi connectivity index (χ0) is 10.7. The molecule has 0 spiro atoms. The molecule has 0 unspecified atom stereocenters. The molecule has 0 heterocycles. The highest BCUT2D eigenvalue weighted by atomic mass is 16.3. The van der Waals surface area contributed by atoms with Crippen LogP contribution in [0.3, 0.4) is 0 Å². The van der Waals surface area contributed by atoms with E-state index in [1.807, 2.05) is 13.0 Å². The Kier molecular flexibility index (Phi) is 2.88. The summed E-state index contributed by atoms with van der Waals surface area (Å²) in [5.74, 6) is -0.225. The van der Waals surface area contributed by atoms with Gasteiger partial charge < -0.3 is 5.11 Å². The van der Waals surface area contributed by atoms with Crippen LogP contribution in [0.1, 0.15) is 35.3 Å². The number of Topliss-reactive ketones (excluding diaryl/α,β-unsaturated/α-hetero) is 1. The maximum Gasteiger partial charge on any atom is 0.160 e. The van der Waals surface area contributed by atoms with Gasteiger partial charge in [-0.1, -0.05) is 6.92 Å². The minimum absolute atomic E-state index is 0.0957. The molecule has 0 aromatic heterocycles. The van der Waals surface area contributed by atoms with E-state index in [9.17, 15) is 9.90 Å². The van der Waals surface area contributed by atoms with Gasteiger partial charge in [-0.25, -0.2) is 0 Å². The van der Waals surface area contributed by atoms with Crippen LogP contribution >= 0.6 is 0 Å². The first-order valence-electron chi connectivity index (χ1n) is 4.37. The van der Waals surface area contributed by atoms with Crippen LogP contribution < -0.4 is 0 Å². The Bertz CT molecular complexity index is 416. The zero-order valence-electron chi connectivity index (χ0n) is 8.16. The average Bonchev–Trinajstić information content (AvgIpc) is 2.17. The molecule has 0 fully saturated rings. The van der Waals surface area contributed by atoms with Crippen molar-refractivity contribution >= 4 is 5.78 Å². The monoisotopic (exact) mass is 189 g/mol. The van der Waals surface area contributed by atoms with Gasteiger partial charge in [0.2, 0.25) is 0 Å². The van der Waals surface area contributed by atoms with Crippen molar-refractivity contribution in [1.29, 1.82) is 5.26 Å². The minimum atomic E-state index is -0.130. The third-order valence-electron chi connectivity index (χ3n) is 2.10. The van der Waals surface area contributed by atoms with Crippen LogP contribution in [0.25, 0.3) is 0 Å². The van der Waals surface area contributed by atoms with Crippen LogP contribution in [0.4, 0.5) is 0 Å². The fourth-order valence-electron chi connectivity index (χ4n) is 1.34. The number of hydrogen-bond donors (Lipinski definition) is 1. The van der Waals surface area contributed by atoms with Gasteiger partial charge in [-0.3, -0.25) is 4.79 Å². The van der Waals surface area contributed by atoms with Crippen molar-refractivity contribution in [2.45, 2.75) is 20.3 Å². The summed E-state index contributed by atoms with van der Waals surface area (Å²) in [6.07, 6.45) is 0.671. The van der Waals surface area contributed by atoms with Gasteiger partial charge in [-0.15, -0.1) is 0 Å². The zero-order valence-corrected chi connectivity index (χ0v) is 8.16. The molecule has 0 atom stereocenters. The predicted octanol–water partition coefficient (Wildman–Crippen LogP) is 2.03. The molecule has 0 aliphatic carbocycles. The average molecular weight is 189 g/mol. The van der Waals surface area contributed by atoms with Gasteiger partial charge in [0.05, 0.1) is 5.56 Å². The highest BCUT2D eigenvalue weighted by Crippen LogP contribution is 2.22. The highest BCUT2D eigenvalue weighted by Gasteiger charge is 2.10. The number of benzene rings is 1. The van der Waals surface area contributed by atoms with E-state index < -0.39 is 0 Å². The second kappa shape index (κ2) is 3.93. The van der Waals surface area contributed by atoms with Gasteiger partial charge in [-0.2, -0.15) is 5.26 Å². The number of aryl methyl sites for hydroxylation is 1. The summed E-state index contributed by atoms with van der Waals surface area (Å²) in [4.78, 5) is 11.2. The molecule has 3 nitrogen and oxygen atoms in total. The van der Waals surface area contributed by atoms with E-state index >= 15 is 0 Å². The topological polar surface area (TPSA) is 61.1 Å². The maximum atomic E-state index is 11.2. The van der Waals surface area contributed by atoms with Gasteiger partial charge in [-0.05, 0) is 31.0 Å². The number of ketones is 1. The van der Waals surface area contributed by atoms with Crippen LogP contribution in [-0.2, 0) is 6.42 Å². The second-order valence-corrected chi connectivity index (χ2v) is 3.05. The molecular weight excluding hydrogens is 178 g/mol. The Labute approximate surface area is 82.6 Å². The van der Waals surface area contributed by atoms with E-state index in [2.05, 4.69) is 0 Å². The Morgan fingerprint density at radius 1 is 1.57 bits per heavy atom. The van der Waals surface area contributed by atoms with Crippen LogP contribution in [0.2, 0.25) is 0 Å². The first kappa shape index (κ1) is 10.3. The van der Waals surface area contributed by atoms with Gasteiger partial charge in [0.1, 0.15) is 11.8 Å². The lowest BCUT2D eigenvalue weighted by atomic mass is 9.99. The quantitative estimate of drug-likeness (QED) is 0.724. The minimum Gasteiger partial charge on any atom is -0.507 e. The fourth-order valence-corrected chi connectivity index (χ4v) is 1.34. The van der Waals surface area contributed by atoms with Crippen molar-refractivity contribution in [3.63, 3.8) is 0 Å². The van der Waals surface area contributed by atoms with Gasteiger partial charge in [0.25, 0.3) is 0 Å². The molecule has 0 radical (unpaired) electrons. The van der Waals surface area contributed by atoms with Crippen LogP contribution in [0, 0.1) is 11.3 Å². The molecule has 0 aliphatic rings. The van der Waals surface area contributed by atoms with Crippen molar-refractivity contribution in [1.82, 2.24) is 0 Å². The lowest BCUT2D eigenvalue weighted by Gasteiger charge is -2.06. The molecule has 0 amide bonds. The lowest BCUT2D eigenvalue weighted by Crippen LogP contribution is -1.99. The molecule has 1 aromatic rings. The Morgan fingerprint density at radius 3 is 2.64 bits per heavy atom. The van der Waals surface area contributed by atoms with E-state index in [4.69, 9.17) is 5.26 Å². The van der Waals surface area contributed by atoms with E-state index in [0.29, 0.717) is 12.0 Å². The van der Waals surface area contributed by atoms with E-state index in [0.717, 1.165) is 5.56 Å². The van der Waals surface area contributed by atoms with Crippen molar-refractivity contribution < 1.29 is 9.90 Å². The van der Waals surface area contributed by atoms with Crippen molar-refractivity contribution in [2.24, 2.45) is 0 Å². The fraction of sp³-hybridized carbons (Fsp3) is 0.273. The van der Waals surface area contributed by atoms with Gasteiger partial charge >= 0.3 is 0 Å². The number of aromatic hydroxyl groups is 1. The number of hydrogen-bond acceptors (Lipinski definition) is 3. The van der Waals surface area contributed by atoms with Gasteiger partial charge in [0.15, 0.2) is 5.78 Å². The number of carbonyl (C=O) groups is 1. The summed E-state index contributed by atoms with van der Waals surface area (Å²) in [5, 5.41) is 18.1. The smallest absolute Gasteiger partial charge is 0.160 e. The third-order valence-corrected chi connectivity index (χ3v) is 2.10. The normalized spacial score (nSPS) is 9.50. The third kappa shape index (κ3) is 1.74. The molecule has 72 valence electrons. The van der Waals surface area contributed by atoms with Crippen LogP contribution in [0.15, 0.2) is 12.1 Å². The van der Waals surface area contributed by atoms with Crippen LogP contribution in [0.5, 0.6) is 5.75 Å². The molecule has 14 heavy (non-hydrogen) atoms. The number of nitrogens with zero attached hydrogens (tertiary/aromatic N) is 1. The SMILES string of the molecule is CCc1cc(C#N)c(O)cc1C(C)=O. The predicted molar refractivity (Wildman–Crippen MR) is 52.2 cm³/mol. The first-order chi connectivity index (χ1) is 6.60. The standard InChI is InChI=1S/C11H11NO2/c1-3-8-4-9(6-12)11(14)5-10(8)7(2)13/h4-5,14H,3H2,1-2H3. The molecule has 1 aromatic carbocycles. The molecular formula is C11H11NO2. The summed E-state index contributed by atoms with van der Waals surface area (Å²) in [6.45, 7) is 3.35. The molecule has 0 aliphatic heterocycles. The van der Waals surface area contributed by atoms with Crippen molar-refractivity contribution in [3.05, 3.63) is 28.8 Å². The summed E-state index contributed by atoms with van der Waals surface area (Å²) in [6, 6.07) is 4.80. The summed E-state index contributed by atoms with van der Waals surface area (Å²) in [5.41, 5.74) is 1.50. The first-order valence-corrected chi connectivity index (χ1v) is 4.37. The van der Waals surface area contributed by atoms with E-state index in [1.165, 1.54) is 13.0 Å². The summed E-state index contributed by atoms with van der Waals surface area (Å²) < 4.78 is 0. The second-order valence-electron chi connectivity index (χ2n) is 3.05. The van der Waals surface area contributed by atoms with Crippen molar-refractivity contribution in [2.75, 3.05) is 0 Å². The van der Waals surface area contributed by atoms with Crippen molar-refractivity contribution in [3.8, 4) is 11.8 Å². The van der Waals surface area contributed by atoms with Gasteiger partial charge in [0, 0.05) is 5.56 Å². The van der Waals surface area contributed by atoms with E-state index in [-0.39, 0.29) is 17.1 Å². The Hall–Kier alpha value is -1.82.